The number of hydrogen-bond acceptors (Lipinski definition) is 5. The molecular formula is C14H10N2O4. The van der Waals surface area contributed by atoms with E-state index in [2.05, 4.69) is 4.98 Å². The number of hydrogen-bond donors (Lipinski definition) is 1. The summed E-state index contributed by atoms with van der Waals surface area (Å²) in [5.74, 6) is -0.289. The van der Waals surface area contributed by atoms with E-state index in [0.29, 0.717) is 17.1 Å². The molecule has 6 nitrogen and oxygen atoms in total. The first-order chi connectivity index (χ1) is 9.63. The standard InChI is InChI=1S/C14H10N2O4/c1-19-12-7-9(8-15)5-6-11(12)20-13-4-2-3-10(16-13)14(17)18/h2-7H,1H3,(H,17,18). The molecule has 0 atom stereocenters. The zero-order chi connectivity index (χ0) is 14.5. The Labute approximate surface area is 114 Å². The minimum atomic E-state index is -1.14. The number of carbonyl (C=O) groups is 1. The van der Waals surface area contributed by atoms with Crippen molar-refractivity contribution in [1.82, 2.24) is 4.98 Å². The highest BCUT2D eigenvalue weighted by atomic mass is 16.5. The van der Waals surface area contributed by atoms with Gasteiger partial charge in [-0.2, -0.15) is 5.26 Å². The summed E-state index contributed by atoms with van der Waals surface area (Å²) in [5.41, 5.74) is 0.316. The number of aromatic carboxylic acids is 1. The maximum atomic E-state index is 10.8. The van der Waals surface area contributed by atoms with E-state index >= 15 is 0 Å². The maximum absolute atomic E-state index is 10.8. The molecule has 6 heteroatoms. The third kappa shape index (κ3) is 2.84. The number of methoxy groups -OCH3 is 1. The Morgan fingerprint density at radius 1 is 1.30 bits per heavy atom. The average molecular weight is 270 g/mol. The summed E-state index contributed by atoms with van der Waals surface area (Å²) in [6, 6.07) is 11.1. The predicted octanol–water partition coefficient (Wildman–Crippen LogP) is 2.45. The van der Waals surface area contributed by atoms with Gasteiger partial charge in [-0.25, -0.2) is 9.78 Å². The molecule has 2 aromatic rings. The number of benzene rings is 1. The van der Waals surface area contributed by atoms with Crippen molar-refractivity contribution < 1.29 is 19.4 Å². The van der Waals surface area contributed by atoms with Gasteiger partial charge in [0.25, 0.3) is 0 Å². The molecule has 0 unspecified atom stereocenters. The third-order valence-corrected chi connectivity index (χ3v) is 2.45. The van der Waals surface area contributed by atoms with Gasteiger partial charge in [0, 0.05) is 12.1 Å². The van der Waals surface area contributed by atoms with Gasteiger partial charge >= 0.3 is 5.97 Å². The van der Waals surface area contributed by atoms with Crippen molar-refractivity contribution in [2.75, 3.05) is 7.11 Å². The van der Waals surface area contributed by atoms with Crippen molar-refractivity contribution in [3.63, 3.8) is 0 Å². The molecule has 20 heavy (non-hydrogen) atoms. The quantitative estimate of drug-likeness (QED) is 0.917. The van der Waals surface area contributed by atoms with Gasteiger partial charge < -0.3 is 14.6 Å². The lowest BCUT2D eigenvalue weighted by molar-refractivity contribution is 0.0689. The fourth-order valence-corrected chi connectivity index (χ4v) is 1.52. The first-order valence-electron chi connectivity index (χ1n) is 5.60. The molecule has 0 fully saturated rings. The molecule has 0 aliphatic rings. The zero-order valence-electron chi connectivity index (χ0n) is 10.5. The molecule has 1 N–H and O–H groups in total. The summed E-state index contributed by atoms with van der Waals surface area (Å²) in [6.45, 7) is 0. The van der Waals surface area contributed by atoms with Crippen LogP contribution in [0.15, 0.2) is 36.4 Å². The molecule has 0 aliphatic carbocycles. The third-order valence-electron chi connectivity index (χ3n) is 2.45. The van der Waals surface area contributed by atoms with Crippen molar-refractivity contribution in [1.29, 1.82) is 5.26 Å². The van der Waals surface area contributed by atoms with Gasteiger partial charge in [-0.05, 0) is 18.2 Å². The van der Waals surface area contributed by atoms with E-state index in [1.165, 1.54) is 31.4 Å². The van der Waals surface area contributed by atoms with Crippen molar-refractivity contribution in [2.45, 2.75) is 0 Å². The summed E-state index contributed by atoms with van der Waals surface area (Å²) in [5, 5.41) is 17.7. The highest BCUT2D eigenvalue weighted by molar-refractivity contribution is 5.85. The van der Waals surface area contributed by atoms with Crippen LogP contribution in [0, 0.1) is 11.3 Å². The van der Waals surface area contributed by atoms with Crippen LogP contribution in [0.25, 0.3) is 0 Å². The lowest BCUT2D eigenvalue weighted by atomic mass is 10.2. The van der Waals surface area contributed by atoms with E-state index in [-0.39, 0.29) is 11.6 Å². The van der Waals surface area contributed by atoms with Crippen LogP contribution in [0.2, 0.25) is 0 Å². The highest BCUT2D eigenvalue weighted by Crippen LogP contribution is 2.31. The van der Waals surface area contributed by atoms with E-state index in [1.807, 2.05) is 6.07 Å². The van der Waals surface area contributed by atoms with E-state index in [1.54, 1.807) is 12.1 Å². The van der Waals surface area contributed by atoms with Gasteiger partial charge in [0.15, 0.2) is 17.2 Å². The number of pyridine rings is 1. The molecule has 0 aliphatic heterocycles. The first-order valence-corrected chi connectivity index (χ1v) is 5.60. The lowest BCUT2D eigenvalue weighted by Gasteiger charge is -2.09. The second-order valence-corrected chi connectivity index (χ2v) is 3.75. The molecular weight excluding hydrogens is 260 g/mol. The Bertz CT molecular complexity index is 692. The van der Waals surface area contributed by atoms with Gasteiger partial charge in [-0.1, -0.05) is 6.07 Å². The molecule has 0 radical (unpaired) electrons. The summed E-state index contributed by atoms with van der Waals surface area (Å²) in [6.07, 6.45) is 0. The van der Waals surface area contributed by atoms with E-state index < -0.39 is 5.97 Å². The number of nitrogens with zero attached hydrogens (tertiary/aromatic N) is 2. The molecule has 0 spiro atoms. The van der Waals surface area contributed by atoms with Crippen LogP contribution in [-0.2, 0) is 0 Å². The van der Waals surface area contributed by atoms with Crippen molar-refractivity contribution >= 4 is 5.97 Å². The largest absolute Gasteiger partial charge is 0.493 e. The fraction of sp³-hybridized carbons (Fsp3) is 0.0714. The van der Waals surface area contributed by atoms with Gasteiger partial charge in [0.2, 0.25) is 5.88 Å². The van der Waals surface area contributed by atoms with Crippen LogP contribution < -0.4 is 9.47 Å². The molecule has 100 valence electrons. The zero-order valence-corrected chi connectivity index (χ0v) is 10.5. The van der Waals surface area contributed by atoms with Crippen molar-refractivity contribution in [2.24, 2.45) is 0 Å². The molecule has 2 rings (SSSR count). The van der Waals surface area contributed by atoms with Crippen LogP contribution in [-0.4, -0.2) is 23.2 Å². The van der Waals surface area contributed by atoms with Crippen LogP contribution in [0.4, 0.5) is 0 Å². The maximum Gasteiger partial charge on any atom is 0.354 e. The predicted molar refractivity (Wildman–Crippen MR) is 69.0 cm³/mol. The summed E-state index contributed by atoms with van der Waals surface area (Å²) < 4.78 is 10.6. The van der Waals surface area contributed by atoms with E-state index in [4.69, 9.17) is 19.8 Å². The smallest absolute Gasteiger partial charge is 0.354 e. The molecule has 1 heterocycles. The van der Waals surface area contributed by atoms with E-state index in [9.17, 15) is 4.79 Å². The van der Waals surface area contributed by atoms with Gasteiger partial charge in [0.05, 0.1) is 18.7 Å². The molecule has 0 amide bonds. The van der Waals surface area contributed by atoms with Crippen LogP contribution in [0.3, 0.4) is 0 Å². The average Bonchev–Trinajstić information content (AvgIpc) is 2.48. The molecule has 1 aromatic heterocycles. The number of carboxylic acid groups (broad SMARTS) is 1. The summed E-state index contributed by atoms with van der Waals surface area (Å²) in [4.78, 5) is 14.7. The topological polar surface area (TPSA) is 92.4 Å². The minimum Gasteiger partial charge on any atom is -0.493 e. The van der Waals surface area contributed by atoms with Crippen molar-refractivity contribution in [3.8, 4) is 23.4 Å². The molecule has 0 saturated carbocycles. The fourth-order valence-electron chi connectivity index (χ4n) is 1.52. The Morgan fingerprint density at radius 3 is 2.75 bits per heavy atom. The number of aromatic nitrogens is 1. The normalized spacial score (nSPS) is 9.60. The Hall–Kier alpha value is -3.07. The monoisotopic (exact) mass is 270 g/mol. The number of carboxylic acids is 1. The lowest BCUT2D eigenvalue weighted by Crippen LogP contribution is -2.01. The van der Waals surface area contributed by atoms with Crippen molar-refractivity contribution in [3.05, 3.63) is 47.7 Å². The number of rotatable bonds is 4. The second-order valence-electron chi connectivity index (χ2n) is 3.75. The first kappa shape index (κ1) is 13.4. The molecule has 0 saturated heterocycles. The summed E-state index contributed by atoms with van der Waals surface area (Å²) >= 11 is 0. The highest BCUT2D eigenvalue weighted by Gasteiger charge is 2.10. The summed E-state index contributed by atoms with van der Waals surface area (Å²) in [7, 11) is 1.45. The Morgan fingerprint density at radius 2 is 2.10 bits per heavy atom. The van der Waals surface area contributed by atoms with Gasteiger partial charge in [0.1, 0.15) is 0 Å². The number of ether oxygens (including phenoxy) is 2. The Balaban J connectivity index is 2.32. The second kappa shape index (κ2) is 5.71. The van der Waals surface area contributed by atoms with E-state index in [0.717, 1.165) is 0 Å². The van der Waals surface area contributed by atoms with Gasteiger partial charge in [-0.15, -0.1) is 0 Å². The molecule has 0 bridgehead atoms. The SMILES string of the molecule is COc1cc(C#N)ccc1Oc1cccc(C(=O)O)n1. The van der Waals surface area contributed by atoms with Crippen LogP contribution in [0.1, 0.15) is 16.1 Å². The van der Waals surface area contributed by atoms with Gasteiger partial charge in [-0.3, -0.25) is 0 Å². The number of nitriles is 1. The molecule has 1 aromatic carbocycles. The minimum absolute atomic E-state index is 0.116. The Kier molecular flexibility index (Phi) is 3.82. The van der Waals surface area contributed by atoms with Crippen LogP contribution in [0.5, 0.6) is 17.4 Å². The van der Waals surface area contributed by atoms with Crippen LogP contribution >= 0.6 is 0 Å².